The Labute approximate surface area is 85.8 Å². The molecule has 3 nitrogen and oxygen atoms in total. The second kappa shape index (κ2) is 4.11. The third-order valence-electron chi connectivity index (χ3n) is 1.60. The van der Waals surface area contributed by atoms with Crippen LogP contribution in [0.2, 0.25) is 0 Å². The van der Waals surface area contributed by atoms with Crippen LogP contribution in [-0.2, 0) is 0 Å². The van der Waals surface area contributed by atoms with E-state index in [1.807, 2.05) is 4.98 Å². The zero-order valence-electron chi connectivity index (χ0n) is 7.86. The van der Waals surface area contributed by atoms with Gasteiger partial charge in [0, 0.05) is 5.69 Å². The number of nitrogens with one attached hydrogen (secondary N) is 1. The number of alkyl halides is 5. The molecule has 0 aliphatic heterocycles. The van der Waals surface area contributed by atoms with Crippen LogP contribution in [0.5, 0.6) is 5.75 Å². The molecule has 0 fully saturated rings. The van der Waals surface area contributed by atoms with Gasteiger partial charge in [0.2, 0.25) is 5.75 Å². The molecule has 0 bridgehead atoms. The van der Waals surface area contributed by atoms with Gasteiger partial charge in [-0.3, -0.25) is 4.79 Å². The number of H-pyrrole nitrogens is 1. The highest BCUT2D eigenvalue weighted by atomic mass is 19.4. The molecular formula is C8H6F5NO2. The fourth-order valence-corrected chi connectivity index (χ4v) is 1.08. The van der Waals surface area contributed by atoms with Gasteiger partial charge in [-0.2, -0.15) is 0 Å². The molecule has 16 heavy (non-hydrogen) atoms. The third kappa shape index (κ3) is 2.94. The largest absolute Gasteiger partial charge is 0.573 e. The quantitative estimate of drug-likeness (QED) is 0.811. The summed E-state index contributed by atoms with van der Waals surface area (Å²) >= 11 is 0. The molecule has 0 saturated carbocycles. The molecule has 0 aliphatic carbocycles. The van der Waals surface area contributed by atoms with Crippen LogP contribution in [0.15, 0.2) is 10.9 Å². The van der Waals surface area contributed by atoms with E-state index in [-0.39, 0.29) is 5.69 Å². The first-order valence-electron chi connectivity index (χ1n) is 3.98. The minimum Gasteiger partial charge on any atom is -0.399 e. The summed E-state index contributed by atoms with van der Waals surface area (Å²) in [6.45, 7) is 1.27. The van der Waals surface area contributed by atoms with E-state index in [4.69, 9.17) is 0 Å². The summed E-state index contributed by atoms with van der Waals surface area (Å²) < 4.78 is 63.5. The number of hydrogen-bond acceptors (Lipinski definition) is 2. The zero-order chi connectivity index (χ0) is 12.5. The van der Waals surface area contributed by atoms with Gasteiger partial charge >= 0.3 is 6.36 Å². The zero-order valence-corrected chi connectivity index (χ0v) is 7.86. The first-order chi connectivity index (χ1) is 7.20. The second-order valence-corrected chi connectivity index (χ2v) is 2.91. The molecule has 1 heterocycles. The number of aromatic amines is 1. The molecule has 0 unspecified atom stereocenters. The highest BCUT2D eigenvalue weighted by Gasteiger charge is 2.34. The molecular weight excluding hydrogens is 237 g/mol. The normalized spacial score (nSPS) is 11.9. The van der Waals surface area contributed by atoms with Crippen LogP contribution < -0.4 is 10.3 Å². The third-order valence-corrected chi connectivity index (χ3v) is 1.60. The highest BCUT2D eigenvalue weighted by molar-refractivity contribution is 5.33. The number of hydrogen-bond donors (Lipinski definition) is 1. The molecule has 1 rings (SSSR count). The highest BCUT2D eigenvalue weighted by Crippen LogP contribution is 2.29. The maximum Gasteiger partial charge on any atom is 0.573 e. The number of aromatic nitrogens is 1. The molecule has 1 aromatic rings. The first-order valence-corrected chi connectivity index (χ1v) is 3.98. The van der Waals surface area contributed by atoms with Gasteiger partial charge in [0.1, 0.15) is 0 Å². The average Bonchev–Trinajstić information content (AvgIpc) is 2.07. The second-order valence-electron chi connectivity index (χ2n) is 2.91. The van der Waals surface area contributed by atoms with Gasteiger partial charge in [-0.05, 0) is 13.0 Å². The summed E-state index contributed by atoms with van der Waals surface area (Å²) in [5.74, 6) is -1.42. The Morgan fingerprint density at radius 2 is 1.94 bits per heavy atom. The standard InChI is InChI=1S/C8H6F5NO2/c1-3-2-4(6(9)10)5(7(15)14-3)16-8(11,12)13/h2,6H,1H3,(H,14,15). The van der Waals surface area contributed by atoms with Gasteiger partial charge in [-0.25, -0.2) is 8.78 Å². The Morgan fingerprint density at radius 1 is 1.38 bits per heavy atom. The average molecular weight is 243 g/mol. The number of rotatable bonds is 2. The Bertz CT molecular complexity index is 437. The Balaban J connectivity index is 3.31. The molecule has 1 aromatic heterocycles. The van der Waals surface area contributed by atoms with E-state index in [1.54, 1.807) is 0 Å². The Morgan fingerprint density at radius 3 is 2.38 bits per heavy atom. The van der Waals surface area contributed by atoms with Crippen LogP contribution in [0.1, 0.15) is 17.7 Å². The lowest BCUT2D eigenvalue weighted by Gasteiger charge is -2.12. The van der Waals surface area contributed by atoms with Gasteiger partial charge in [0.05, 0.1) is 5.56 Å². The van der Waals surface area contributed by atoms with Gasteiger partial charge < -0.3 is 9.72 Å². The summed E-state index contributed by atoms with van der Waals surface area (Å²) in [7, 11) is 0. The van der Waals surface area contributed by atoms with E-state index >= 15 is 0 Å². The molecule has 8 heteroatoms. The van der Waals surface area contributed by atoms with Crippen molar-refractivity contribution in [3.8, 4) is 5.75 Å². The molecule has 0 radical (unpaired) electrons. The van der Waals surface area contributed by atoms with Crippen molar-refractivity contribution in [2.45, 2.75) is 19.7 Å². The maximum atomic E-state index is 12.4. The molecule has 0 aliphatic rings. The van der Waals surface area contributed by atoms with Crippen LogP contribution in [0.25, 0.3) is 0 Å². The Hall–Kier alpha value is -1.60. The van der Waals surface area contributed by atoms with Crippen LogP contribution in [0, 0.1) is 6.92 Å². The molecule has 0 amide bonds. The van der Waals surface area contributed by atoms with Crippen LogP contribution >= 0.6 is 0 Å². The number of pyridine rings is 1. The fraction of sp³-hybridized carbons (Fsp3) is 0.375. The molecule has 0 saturated heterocycles. The van der Waals surface area contributed by atoms with Crippen molar-refractivity contribution in [2.24, 2.45) is 0 Å². The van der Waals surface area contributed by atoms with E-state index in [0.717, 1.165) is 6.07 Å². The molecule has 0 aromatic carbocycles. The lowest BCUT2D eigenvalue weighted by atomic mass is 10.2. The summed E-state index contributed by atoms with van der Waals surface area (Å²) in [4.78, 5) is 13.0. The predicted molar refractivity (Wildman–Crippen MR) is 43.4 cm³/mol. The van der Waals surface area contributed by atoms with Crippen molar-refractivity contribution in [1.82, 2.24) is 4.98 Å². The van der Waals surface area contributed by atoms with Gasteiger partial charge in [-0.1, -0.05) is 0 Å². The van der Waals surface area contributed by atoms with Crippen molar-refractivity contribution in [1.29, 1.82) is 0 Å². The lowest BCUT2D eigenvalue weighted by Crippen LogP contribution is -2.24. The van der Waals surface area contributed by atoms with E-state index in [2.05, 4.69) is 4.74 Å². The fourth-order valence-electron chi connectivity index (χ4n) is 1.08. The molecule has 1 N–H and O–H groups in total. The minimum atomic E-state index is -5.19. The van der Waals surface area contributed by atoms with Gasteiger partial charge in [0.25, 0.3) is 12.0 Å². The van der Waals surface area contributed by atoms with E-state index < -0.39 is 29.7 Å². The molecule has 0 spiro atoms. The summed E-state index contributed by atoms with van der Waals surface area (Å²) in [6.07, 6.45) is -8.41. The number of aryl methyl sites for hydroxylation is 1. The van der Waals surface area contributed by atoms with Crippen LogP contribution in [-0.4, -0.2) is 11.3 Å². The number of halogens is 5. The van der Waals surface area contributed by atoms with Gasteiger partial charge in [0.15, 0.2) is 0 Å². The minimum absolute atomic E-state index is 0.0230. The van der Waals surface area contributed by atoms with Crippen LogP contribution in [0.4, 0.5) is 22.0 Å². The van der Waals surface area contributed by atoms with E-state index in [9.17, 15) is 26.7 Å². The smallest absolute Gasteiger partial charge is 0.399 e. The SMILES string of the molecule is Cc1cc(C(F)F)c(OC(F)(F)F)c(=O)[nH]1. The topological polar surface area (TPSA) is 42.1 Å². The Kier molecular flexibility index (Phi) is 3.20. The van der Waals surface area contributed by atoms with Crippen molar-refractivity contribution in [3.05, 3.63) is 27.7 Å². The maximum absolute atomic E-state index is 12.4. The van der Waals surface area contributed by atoms with E-state index in [1.165, 1.54) is 6.92 Å². The van der Waals surface area contributed by atoms with Gasteiger partial charge in [-0.15, -0.1) is 13.2 Å². The lowest BCUT2D eigenvalue weighted by molar-refractivity contribution is -0.275. The summed E-state index contributed by atoms with van der Waals surface area (Å²) in [5.41, 5.74) is -2.40. The monoisotopic (exact) mass is 243 g/mol. The van der Waals surface area contributed by atoms with Crippen molar-refractivity contribution in [2.75, 3.05) is 0 Å². The number of ether oxygens (including phenoxy) is 1. The van der Waals surface area contributed by atoms with Crippen molar-refractivity contribution >= 4 is 0 Å². The molecule has 0 atom stereocenters. The summed E-state index contributed by atoms with van der Waals surface area (Å²) in [5, 5.41) is 0. The van der Waals surface area contributed by atoms with Crippen LogP contribution in [0.3, 0.4) is 0 Å². The summed E-state index contributed by atoms with van der Waals surface area (Å²) in [6, 6.07) is 0.729. The predicted octanol–water partition coefficient (Wildman–Crippen LogP) is 2.52. The van der Waals surface area contributed by atoms with E-state index in [0.29, 0.717) is 0 Å². The van der Waals surface area contributed by atoms with Crippen molar-refractivity contribution in [3.63, 3.8) is 0 Å². The first kappa shape index (κ1) is 12.5. The molecule has 90 valence electrons. The van der Waals surface area contributed by atoms with Crippen molar-refractivity contribution < 1.29 is 26.7 Å².